The van der Waals surface area contributed by atoms with Gasteiger partial charge in [0.05, 0.1) is 7.11 Å². The van der Waals surface area contributed by atoms with Crippen LogP contribution in [0, 0.1) is 11.6 Å². The lowest BCUT2D eigenvalue weighted by Crippen LogP contribution is -1.96. The lowest BCUT2D eigenvalue weighted by Gasteiger charge is -2.06. The number of halogens is 3. The molecule has 2 rings (SSSR count). The van der Waals surface area contributed by atoms with E-state index in [0.717, 1.165) is 12.1 Å². The highest BCUT2D eigenvalue weighted by molar-refractivity contribution is 9.10. The number of nitrogens with two attached hydrogens (primary N) is 1. The molecule has 2 aromatic rings. The first kappa shape index (κ1) is 12.8. The fourth-order valence-electron chi connectivity index (χ4n) is 1.53. The zero-order valence-corrected chi connectivity index (χ0v) is 11.3. The Balaban J connectivity index is 2.64. The number of hydrogen-bond donors (Lipinski definition) is 1. The molecule has 1 heterocycles. The van der Waals surface area contributed by atoms with Gasteiger partial charge in [-0.1, -0.05) is 0 Å². The Morgan fingerprint density at radius 2 is 2.00 bits per heavy atom. The normalized spacial score (nSPS) is 10.7. The molecule has 0 atom stereocenters. The number of nitrogens with zero attached hydrogens (tertiary/aromatic N) is 2. The Bertz CT molecular complexity index is 613. The van der Waals surface area contributed by atoms with Gasteiger partial charge in [0, 0.05) is 18.7 Å². The van der Waals surface area contributed by atoms with Crippen LogP contribution >= 0.6 is 15.9 Å². The summed E-state index contributed by atoms with van der Waals surface area (Å²) in [7, 11) is 2.93. The fraction of sp³-hybridized carbons (Fsp3) is 0.182. The molecule has 7 heteroatoms. The van der Waals surface area contributed by atoms with E-state index in [9.17, 15) is 8.78 Å². The minimum absolute atomic E-state index is 0.0208. The minimum atomic E-state index is -0.662. The molecule has 0 amide bonds. The minimum Gasteiger partial charge on any atom is -0.494 e. The van der Waals surface area contributed by atoms with Gasteiger partial charge in [0.1, 0.15) is 16.1 Å². The second kappa shape index (κ2) is 4.56. The highest BCUT2D eigenvalue weighted by Crippen LogP contribution is 2.33. The van der Waals surface area contributed by atoms with Gasteiger partial charge < -0.3 is 15.0 Å². The van der Waals surface area contributed by atoms with Gasteiger partial charge >= 0.3 is 0 Å². The first-order valence-electron chi connectivity index (χ1n) is 4.96. The summed E-state index contributed by atoms with van der Waals surface area (Å²) in [6.07, 6.45) is 0. The summed E-state index contributed by atoms with van der Waals surface area (Å²) >= 11 is 3.23. The Kier molecular flexibility index (Phi) is 3.25. The van der Waals surface area contributed by atoms with Gasteiger partial charge in [-0.3, -0.25) is 0 Å². The van der Waals surface area contributed by atoms with Crippen LogP contribution in [0.1, 0.15) is 0 Å². The van der Waals surface area contributed by atoms with E-state index in [1.165, 1.54) is 11.7 Å². The Labute approximate surface area is 111 Å². The number of ether oxygens (including phenoxy) is 1. The summed E-state index contributed by atoms with van der Waals surface area (Å²) in [4.78, 5) is 3.98. The first-order valence-corrected chi connectivity index (χ1v) is 5.76. The van der Waals surface area contributed by atoms with Crippen LogP contribution in [0.15, 0.2) is 16.7 Å². The molecule has 4 nitrogen and oxygen atoms in total. The highest BCUT2D eigenvalue weighted by atomic mass is 79.9. The predicted molar refractivity (Wildman–Crippen MR) is 67.2 cm³/mol. The second-order valence-corrected chi connectivity index (χ2v) is 4.39. The van der Waals surface area contributed by atoms with E-state index < -0.39 is 11.6 Å². The SMILES string of the molecule is COc1cc(F)c(-c2nc(N)n(C)c2Br)cc1F. The van der Waals surface area contributed by atoms with E-state index in [4.69, 9.17) is 10.5 Å². The van der Waals surface area contributed by atoms with Crippen LogP contribution < -0.4 is 10.5 Å². The van der Waals surface area contributed by atoms with Crippen molar-refractivity contribution in [2.75, 3.05) is 12.8 Å². The van der Waals surface area contributed by atoms with E-state index >= 15 is 0 Å². The molecule has 96 valence electrons. The molecule has 0 unspecified atom stereocenters. The molecule has 0 aliphatic heterocycles. The van der Waals surface area contributed by atoms with Crippen LogP contribution in [0.25, 0.3) is 11.3 Å². The summed E-state index contributed by atoms with van der Waals surface area (Å²) in [5, 5.41) is 0. The monoisotopic (exact) mass is 317 g/mol. The van der Waals surface area contributed by atoms with Gasteiger partial charge in [-0.25, -0.2) is 13.8 Å². The predicted octanol–water partition coefficient (Wildman–Crippen LogP) is 2.72. The van der Waals surface area contributed by atoms with Gasteiger partial charge in [-0.15, -0.1) is 0 Å². The van der Waals surface area contributed by atoms with E-state index in [0.29, 0.717) is 4.60 Å². The van der Waals surface area contributed by atoms with E-state index in [2.05, 4.69) is 20.9 Å². The summed E-state index contributed by atoms with van der Waals surface area (Å²) < 4.78 is 34.1. The number of hydrogen-bond acceptors (Lipinski definition) is 3. The Hall–Kier alpha value is -1.63. The average Bonchev–Trinajstić information content (AvgIpc) is 2.59. The van der Waals surface area contributed by atoms with Crippen LogP contribution in [0.3, 0.4) is 0 Å². The molecule has 0 radical (unpaired) electrons. The molecular formula is C11H10BrF2N3O. The van der Waals surface area contributed by atoms with Crippen molar-refractivity contribution in [3.05, 3.63) is 28.4 Å². The number of benzene rings is 1. The quantitative estimate of drug-likeness (QED) is 0.926. The summed E-state index contributed by atoms with van der Waals surface area (Å²) in [6, 6.07) is 2.00. The van der Waals surface area contributed by atoms with Gasteiger partial charge in [0.2, 0.25) is 5.95 Å². The fourth-order valence-corrected chi connectivity index (χ4v) is 2.02. The van der Waals surface area contributed by atoms with E-state index in [-0.39, 0.29) is 23.0 Å². The lowest BCUT2D eigenvalue weighted by molar-refractivity contribution is 0.383. The van der Waals surface area contributed by atoms with Gasteiger partial charge in [0.25, 0.3) is 0 Å². The molecule has 18 heavy (non-hydrogen) atoms. The van der Waals surface area contributed by atoms with Crippen molar-refractivity contribution in [3.63, 3.8) is 0 Å². The highest BCUT2D eigenvalue weighted by Gasteiger charge is 2.18. The maximum absolute atomic E-state index is 13.9. The molecule has 0 bridgehead atoms. The number of rotatable bonds is 2. The number of anilines is 1. The van der Waals surface area contributed by atoms with Crippen molar-refractivity contribution in [2.45, 2.75) is 0 Å². The number of aromatic nitrogens is 2. The zero-order chi connectivity index (χ0) is 13.4. The van der Waals surface area contributed by atoms with Crippen LogP contribution in [-0.2, 0) is 7.05 Å². The third kappa shape index (κ3) is 1.94. The smallest absolute Gasteiger partial charge is 0.201 e. The van der Waals surface area contributed by atoms with Crippen molar-refractivity contribution < 1.29 is 13.5 Å². The van der Waals surface area contributed by atoms with Gasteiger partial charge in [-0.2, -0.15) is 0 Å². The van der Waals surface area contributed by atoms with Crippen molar-refractivity contribution in [2.24, 2.45) is 7.05 Å². The summed E-state index contributed by atoms with van der Waals surface area (Å²) in [5.41, 5.74) is 5.87. The molecule has 0 aliphatic carbocycles. The molecular weight excluding hydrogens is 308 g/mol. The third-order valence-electron chi connectivity index (χ3n) is 2.56. The molecule has 1 aromatic carbocycles. The molecule has 0 saturated carbocycles. The maximum Gasteiger partial charge on any atom is 0.201 e. The lowest BCUT2D eigenvalue weighted by atomic mass is 10.1. The zero-order valence-electron chi connectivity index (χ0n) is 9.67. The van der Waals surface area contributed by atoms with Crippen LogP contribution in [0.4, 0.5) is 14.7 Å². The van der Waals surface area contributed by atoms with Crippen molar-refractivity contribution in [3.8, 4) is 17.0 Å². The Morgan fingerprint density at radius 1 is 1.33 bits per heavy atom. The van der Waals surface area contributed by atoms with Gasteiger partial charge in [-0.05, 0) is 22.0 Å². The second-order valence-electron chi connectivity index (χ2n) is 3.64. The molecule has 0 fully saturated rings. The Morgan fingerprint density at radius 3 is 2.50 bits per heavy atom. The van der Waals surface area contributed by atoms with Gasteiger partial charge in [0.15, 0.2) is 11.6 Å². The summed E-state index contributed by atoms with van der Waals surface area (Å²) in [5.74, 6) is -1.25. The van der Waals surface area contributed by atoms with E-state index in [1.807, 2.05) is 0 Å². The molecule has 2 N–H and O–H groups in total. The van der Waals surface area contributed by atoms with Crippen LogP contribution in [0.5, 0.6) is 5.75 Å². The summed E-state index contributed by atoms with van der Waals surface area (Å²) in [6.45, 7) is 0. The van der Waals surface area contributed by atoms with Crippen molar-refractivity contribution in [1.82, 2.24) is 9.55 Å². The van der Waals surface area contributed by atoms with Crippen molar-refractivity contribution >= 4 is 21.9 Å². The molecule has 0 saturated heterocycles. The maximum atomic E-state index is 13.9. The number of nitrogen functional groups attached to an aromatic ring is 1. The van der Waals surface area contributed by atoms with Crippen molar-refractivity contribution in [1.29, 1.82) is 0 Å². The van der Waals surface area contributed by atoms with Crippen LogP contribution in [-0.4, -0.2) is 16.7 Å². The first-order chi connectivity index (χ1) is 8.45. The number of methoxy groups -OCH3 is 1. The average molecular weight is 318 g/mol. The largest absolute Gasteiger partial charge is 0.494 e. The molecule has 0 spiro atoms. The number of imidazole rings is 1. The molecule has 1 aromatic heterocycles. The topological polar surface area (TPSA) is 53.1 Å². The van der Waals surface area contributed by atoms with E-state index in [1.54, 1.807) is 7.05 Å². The van der Waals surface area contributed by atoms with Crippen LogP contribution in [0.2, 0.25) is 0 Å². The molecule has 0 aliphatic rings. The third-order valence-corrected chi connectivity index (χ3v) is 3.46. The standard InChI is InChI=1S/C11H10BrF2N3O/c1-17-10(12)9(16-11(17)15)5-3-7(14)8(18-2)4-6(5)13/h3-4H,1-2H3,(H2,15,16).